The molecule has 0 amide bonds. The maximum Gasteiger partial charge on any atom is 0.138 e. The number of ether oxygens (including phenoxy) is 1. The summed E-state index contributed by atoms with van der Waals surface area (Å²) >= 11 is 0. The van der Waals surface area contributed by atoms with E-state index in [1.165, 1.54) is 0 Å². The normalized spacial score (nSPS) is 22.2. The van der Waals surface area contributed by atoms with Gasteiger partial charge in [-0.15, -0.1) is 0 Å². The fourth-order valence-electron chi connectivity index (χ4n) is 2.91. The van der Waals surface area contributed by atoms with Crippen molar-refractivity contribution in [1.29, 1.82) is 0 Å². The minimum absolute atomic E-state index is 0.438. The Bertz CT molecular complexity index is 570. The van der Waals surface area contributed by atoms with E-state index in [0.717, 1.165) is 43.0 Å². The van der Waals surface area contributed by atoms with Gasteiger partial charge >= 0.3 is 0 Å². The highest BCUT2D eigenvalue weighted by Gasteiger charge is 2.20. The predicted molar refractivity (Wildman–Crippen MR) is 82.8 cm³/mol. The molecule has 1 N–H and O–H groups in total. The number of hydrogen-bond acceptors (Lipinski definition) is 4. The lowest BCUT2D eigenvalue weighted by atomic mass is 9.93. The highest BCUT2D eigenvalue weighted by molar-refractivity contribution is 5.44. The summed E-state index contributed by atoms with van der Waals surface area (Å²) in [6.45, 7) is 1.97. The molecule has 3 rings (SSSR count). The number of aromatic nitrogens is 3. The van der Waals surface area contributed by atoms with Crippen LogP contribution in [0.4, 0.5) is 5.69 Å². The maximum absolute atomic E-state index is 5.41. The van der Waals surface area contributed by atoms with Gasteiger partial charge in [0.05, 0.1) is 18.0 Å². The van der Waals surface area contributed by atoms with Crippen LogP contribution in [0.25, 0.3) is 5.82 Å². The zero-order chi connectivity index (χ0) is 14.7. The van der Waals surface area contributed by atoms with Crippen LogP contribution >= 0.6 is 0 Å². The van der Waals surface area contributed by atoms with Gasteiger partial charge in [0.1, 0.15) is 11.6 Å². The van der Waals surface area contributed by atoms with Gasteiger partial charge in [-0.3, -0.25) is 4.57 Å². The molecule has 1 aliphatic rings. The average molecular weight is 286 g/mol. The summed E-state index contributed by atoms with van der Waals surface area (Å²) in [4.78, 5) is 8.73. The van der Waals surface area contributed by atoms with E-state index in [4.69, 9.17) is 4.74 Å². The number of pyridine rings is 1. The van der Waals surface area contributed by atoms with E-state index in [2.05, 4.69) is 21.4 Å². The number of imidazole rings is 1. The van der Waals surface area contributed by atoms with Crippen molar-refractivity contribution in [2.75, 3.05) is 12.4 Å². The highest BCUT2D eigenvalue weighted by Crippen LogP contribution is 2.23. The number of rotatable bonds is 4. The Morgan fingerprint density at radius 2 is 2.00 bits per heavy atom. The van der Waals surface area contributed by atoms with E-state index in [9.17, 15) is 0 Å². The summed E-state index contributed by atoms with van der Waals surface area (Å²) in [5, 5.41) is 3.57. The second kappa shape index (κ2) is 6.26. The molecule has 0 radical (unpaired) electrons. The van der Waals surface area contributed by atoms with Gasteiger partial charge in [-0.2, -0.15) is 0 Å². The monoisotopic (exact) mass is 286 g/mol. The highest BCUT2D eigenvalue weighted by atomic mass is 16.5. The first-order valence-electron chi connectivity index (χ1n) is 7.52. The summed E-state index contributed by atoms with van der Waals surface area (Å²) in [5.41, 5.74) is 1.08. The molecule has 1 saturated carbocycles. The van der Waals surface area contributed by atoms with E-state index in [1.54, 1.807) is 13.3 Å². The molecule has 0 aliphatic heterocycles. The van der Waals surface area contributed by atoms with Gasteiger partial charge in [0.15, 0.2) is 0 Å². The molecule has 21 heavy (non-hydrogen) atoms. The van der Waals surface area contributed by atoms with Gasteiger partial charge in [-0.25, -0.2) is 9.97 Å². The fourth-order valence-corrected chi connectivity index (χ4v) is 2.91. The van der Waals surface area contributed by atoms with Crippen molar-refractivity contribution in [3.63, 3.8) is 0 Å². The van der Waals surface area contributed by atoms with E-state index in [-0.39, 0.29) is 0 Å². The molecule has 1 aliphatic carbocycles. The number of hydrogen-bond donors (Lipinski definition) is 1. The van der Waals surface area contributed by atoms with Crippen molar-refractivity contribution in [2.45, 2.75) is 44.8 Å². The first-order valence-corrected chi connectivity index (χ1v) is 7.52. The zero-order valence-electron chi connectivity index (χ0n) is 12.6. The third-order valence-corrected chi connectivity index (χ3v) is 4.20. The van der Waals surface area contributed by atoms with Crippen LogP contribution in [-0.4, -0.2) is 33.8 Å². The number of anilines is 1. The fraction of sp³-hybridized carbons (Fsp3) is 0.500. The van der Waals surface area contributed by atoms with Gasteiger partial charge in [0.25, 0.3) is 0 Å². The number of methoxy groups -OCH3 is 1. The minimum Gasteiger partial charge on any atom is -0.381 e. The summed E-state index contributed by atoms with van der Waals surface area (Å²) in [5.74, 6) is 1.85. The molecule has 0 spiro atoms. The Labute approximate surface area is 125 Å². The maximum atomic E-state index is 5.41. The smallest absolute Gasteiger partial charge is 0.138 e. The van der Waals surface area contributed by atoms with Gasteiger partial charge in [-0.05, 0) is 44.7 Å². The van der Waals surface area contributed by atoms with E-state index in [0.29, 0.717) is 12.1 Å². The van der Waals surface area contributed by atoms with Crippen LogP contribution < -0.4 is 5.32 Å². The van der Waals surface area contributed by atoms with Crippen molar-refractivity contribution in [3.05, 3.63) is 36.5 Å². The van der Waals surface area contributed by atoms with Crippen molar-refractivity contribution in [3.8, 4) is 5.82 Å². The Morgan fingerprint density at radius 3 is 2.57 bits per heavy atom. The SMILES string of the molecule is COC1CCC(Nc2ccc(-n3ccnc3C)nc2)CC1. The molecule has 2 heterocycles. The summed E-state index contributed by atoms with van der Waals surface area (Å²) < 4.78 is 7.39. The average Bonchev–Trinajstić information content (AvgIpc) is 2.95. The van der Waals surface area contributed by atoms with E-state index < -0.39 is 0 Å². The molecular formula is C16H22N4O. The van der Waals surface area contributed by atoms with Crippen LogP contribution in [0.3, 0.4) is 0 Å². The first kappa shape index (κ1) is 14.1. The molecule has 112 valence electrons. The van der Waals surface area contributed by atoms with E-state index >= 15 is 0 Å². The third-order valence-electron chi connectivity index (χ3n) is 4.20. The lowest BCUT2D eigenvalue weighted by Gasteiger charge is -2.28. The van der Waals surface area contributed by atoms with Crippen molar-refractivity contribution in [1.82, 2.24) is 14.5 Å². The molecule has 2 aromatic heterocycles. The number of nitrogens with zero attached hydrogens (tertiary/aromatic N) is 3. The third kappa shape index (κ3) is 3.24. The van der Waals surface area contributed by atoms with Gasteiger partial charge < -0.3 is 10.1 Å². The van der Waals surface area contributed by atoms with Crippen LogP contribution in [0.1, 0.15) is 31.5 Å². The molecule has 0 unspecified atom stereocenters. The lowest BCUT2D eigenvalue weighted by Crippen LogP contribution is -2.29. The van der Waals surface area contributed by atoms with Crippen LogP contribution in [0.2, 0.25) is 0 Å². The summed E-state index contributed by atoms with van der Waals surface area (Å²) in [7, 11) is 1.80. The van der Waals surface area contributed by atoms with Crippen LogP contribution in [0.5, 0.6) is 0 Å². The predicted octanol–water partition coefficient (Wildman–Crippen LogP) is 2.95. The second-order valence-corrected chi connectivity index (χ2v) is 5.60. The molecule has 5 heteroatoms. The lowest BCUT2D eigenvalue weighted by molar-refractivity contribution is 0.0682. The van der Waals surface area contributed by atoms with E-state index in [1.807, 2.05) is 30.0 Å². The Hall–Kier alpha value is -1.88. The van der Waals surface area contributed by atoms with Gasteiger partial charge in [0, 0.05) is 25.5 Å². The zero-order valence-corrected chi connectivity index (χ0v) is 12.6. The molecule has 0 saturated heterocycles. The molecule has 5 nitrogen and oxygen atoms in total. The molecule has 0 atom stereocenters. The van der Waals surface area contributed by atoms with Crippen molar-refractivity contribution in [2.24, 2.45) is 0 Å². The second-order valence-electron chi connectivity index (χ2n) is 5.60. The van der Waals surface area contributed by atoms with Crippen molar-refractivity contribution >= 4 is 5.69 Å². The molecule has 0 aromatic carbocycles. The minimum atomic E-state index is 0.438. The van der Waals surface area contributed by atoms with Crippen molar-refractivity contribution < 1.29 is 4.74 Å². The Kier molecular flexibility index (Phi) is 4.20. The molecular weight excluding hydrogens is 264 g/mol. The quantitative estimate of drug-likeness (QED) is 0.939. The topological polar surface area (TPSA) is 52.0 Å². The number of aryl methyl sites for hydroxylation is 1. The van der Waals surface area contributed by atoms with Crippen LogP contribution in [0, 0.1) is 6.92 Å². The van der Waals surface area contributed by atoms with Gasteiger partial charge in [0.2, 0.25) is 0 Å². The molecule has 2 aromatic rings. The Balaban J connectivity index is 1.62. The number of nitrogens with one attached hydrogen (secondary N) is 1. The molecule has 1 fully saturated rings. The van der Waals surface area contributed by atoms with Crippen LogP contribution in [-0.2, 0) is 4.74 Å². The molecule has 0 bridgehead atoms. The first-order chi connectivity index (χ1) is 10.3. The standard InChI is InChI=1S/C16H22N4O/c1-12-17-9-10-20(12)16-8-5-14(11-18-16)19-13-3-6-15(21-2)7-4-13/h5,8-11,13,15,19H,3-4,6-7H2,1-2H3. The summed E-state index contributed by atoms with van der Waals surface area (Å²) in [6.07, 6.45) is 10.6. The summed E-state index contributed by atoms with van der Waals surface area (Å²) in [6, 6.07) is 4.64. The Morgan fingerprint density at radius 1 is 1.19 bits per heavy atom. The van der Waals surface area contributed by atoms with Gasteiger partial charge in [-0.1, -0.05) is 0 Å². The van der Waals surface area contributed by atoms with Crippen LogP contribution in [0.15, 0.2) is 30.7 Å². The largest absolute Gasteiger partial charge is 0.381 e.